The van der Waals surface area contributed by atoms with Gasteiger partial charge in [0.25, 0.3) is 0 Å². The topological polar surface area (TPSA) is 53.1 Å². The quantitative estimate of drug-likeness (QED) is 0.619. The summed E-state index contributed by atoms with van der Waals surface area (Å²) in [7, 11) is 1.80. The zero-order chi connectivity index (χ0) is 9.14. The van der Waals surface area contributed by atoms with Gasteiger partial charge in [-0.3, -0.25) is 5.41 Å². The first kappa shape index (κ1) is 9.54. The standard InChI is InChI=1S/C7H10BrN3S/c1-11(7(9)10)3-6-2-5(8)4-12-6/h2,4H,3H2,1H3,(H3,9,10). The number of halogens is 1. The summed E-state index contributed by atoms with van der Waals surface area (Å²) in [6.07, 6.45) is 0. The molecule has 0 aliphatic rings. The van der Waals surface area contributed by atoms with E-state index in [2.05, 4.69) is 15.9 Å². The van der Waals surface area contributed by atoms with Crippen LogP contribution >= 0.6 is 27.3 Å². The van der Waals surface area contributed by atoms with Crippen LogP contribution < -0.4 is 5.73 Å². The third-order valence-corrected chi connectivity index (χ3v) is 3.11. The molecule has 1 rings (SSSR count). The molecule has 1 aromatic rings. The van der Waals surface area contributed by atoms with Crippen molar-refractivity contribution in [3.63, 3.8) is 0 Å². The molecular weight excluding hydrogens is 238 g/mol. The van der Waals surface area contributed by atoms with Gasteiger partial charge in [0, 0.05) is 21.8 Å². The number of nitrogens with two attached hydrogens (primary N) is 1. The van der Waals surface area contributed by atoms with Crippen molar-refractivity contribution in [2.24, 2.45) is 5.73 Å². The molecular formula is C7H10BrN3S. The van der Waals surface area contributed by atoms with E-state index in [0.29, 0.717) is 6.54 Å². The van der Waals surface area contributed by atoms with Crippen LogP contribution in [0.4, 0.5) is 0 Å². The fourth-order valence-electron chi connectivity index (χ4n) is 0.756. The Morgan fingerprint density at radius 3 is 2.92 bits per heavy atom. The van der Waals surface area contributed by atoms with Crippen molar-refractivity contribution in [3.8, 4) is 0 Å². The number of rotatable bonds is 2. The van der Waals surface area contributed by atoms with E-state index < -0.39 is 0 Å². The Bertz CT molecular complexity index is 284. The van der Waals surface area contributed by atoms with Crippen LogP contribution in [0.2, 0.25) is 0 Å². The number of hydrogen-bond acceptors (Lipinski definition) is 2. The Morgan fingerprint density at radius 2 is 2.50 bits per heavy atom. The number of nitrogens with one attached hydrogen (secondary N) is 1. The normalized spacial score (nSPS) is 9.83. The van der Waals surface area contributed by atoms with Gasteiger partial charge in [0.15, 0.2) is 5.96 Å². The van der Waals surface area contributed by atoms with Gasteiger partial charge in [-0.05, 0) is 22.0 Å². The number of guanidine groups is 1. The van der Waals surface area contributed by atoms with Crippen molar-refractivity contribution < 1.29 is 0 Å². The van der Waals surface area contributed by atoms with Crippen molar-refractivity contribution in [1.29, 1.82) is 5.41 Å². The van der Waals surface area contributed by atoms with Crippen LogP contribution in [0.3, 0.4) is 0 Å². The molecule has 0 aromatic carbocycles. The van der Waals surface area contributed by atoms with E-state index in [1.165, 1.54) is 4.88 Å². The molecule has 3 N–H and O–H groups in total. The largest absolute Gasteiger partial charge is 0.370 e. The lowest BCUT2D eigenvalue weighted by atomic mass is 10.4. The van der Waals surface area contributed by atoms with E-state index >= 15 is 0 Å². The second-order valence-corrected chi connectivity index (χ2v) is 4.38. The van der Waals surface area contributed by atoms with E-state index in [0.717, 1.165) is 4.47 Å². The maximum Gasteiger partial charge on any atom is 0.188 e. The van der Waals surface area contributed by atoms with Gasteiger partial charge in [0.05, 0.1) is 6.54 Å². The Hall–Kier alpha value is -0.550. The smallest absolute Gasteiger partial charge is 0.188 e. The molecule has 3 nitrogen and oxygen atoms in total. The fraction of sp³-hybridized carbons (Fsp3) is 0.286. The summed E-state index contributed by atoms with van der Waals surface area (Å²) in [6.45, 7) is 0.700. The van der Waals surface area contributed by atoms with Crippen molar-refractivity contribution in [2.75, 3.05) is 7.05 Å². The number of thiophene rings is 1. The van der Waals surface area contributed by atoms with Gasteiger partial charge in [-0.2, -0.15) is 0 Å². The molecule has 12 heavy (non-hydrogen) atoms. The molecule has 0 aliphatic carbocycles. The molecule has 0 bridgehead atoms. The number of hydrogen-bond donors (Lipinski definition) is 2. The van der Waals surface area contributed by atoms with E-state index in [9.17, 15) is 0 Å². The zero-order valence-corrected chi connectivity index (χ0v) is 9.08. The first-order valence-corrected chi connectivity index (χ1v) is 5.05. The minimum atomic E-state index is 0.0968. The molecule has 0 atom stereocenters. The van der Waals surface area contributed by atoms with Gasteiger partial charge in [-0.15, -0.1) is 11.3 Å². The van der Waals surface area contributed by atoms with Gasteiger partial charge < -0.3 is 10.6 Å². The molecule has 0 radical (unpaired) electrons. The molecule has 1 aromatic heterocycles. The van der Waals surface area contributed by atoms with Crippen LogP contribution in [0, 0.1) is 5.41 Å². The summed E-state index contributed by atoms with van der Waals surface area (Å²) >= 11 is 5.02. The van der Waals surface area contributed by atoms with Gasteiger partial charge in [-0.1, -0.05) is 0 Å². The van der Waals surface area contributed by atoms with Crippen LogP contribution in [-0.4, -0.2) is 17.9 Å². The molecule has 0 unspecified atom stereocenters. The lowest BCUT2D eigenvalue weighted by Crippen LogP contribution is -2.31. The first-order chi connectivity index (χ1) is 5.59. The maximum absolute atomic E-state index is 7.15. The van der Waals surface area contributed by atoms with Gasteiger partial charge in [0.1, 0.15) is 0 Å². The Labute approximate surface area is 83.8 Å². The lowest BCUT2D eigenvalue weighted by molar-refractivity contribution is 0.496. The molecule has 5 heteroatoms. The first-order valence-electron chi connectivity index (χ1n) is 3.37. The van der Waals surface area contributed by atoms with Gasteiger partial charge in [-0.25, -0.2) is 0 Å². The molecule has 0 saturated heterocycles. The summed E-state index contributed by atoms with van der Waals surface area (Å²) in [6, 6.07) is 2.03. The molecule has 0 fully saturated rings. The molecule has 0 saturated carbocycles. The Morgan fingerprint density at radius 1 is 1.83 bits per heavy atom. The minimum absolute atomic E-state index is 0.0968. The third-order valence-electron chi connectivity index (χ3n) is 1.43. The second kappa shape index (κ2) is 3.91. The van der Waals surface area contributed by atoms with Crippen LogP contribution in [0.1, 0.15) is 4.88 Å². The van der Waals surface area contributed by atoms with Gasteiger partial charge >= 0.3 is 0 Å². The molecule has 66 valence electrons. The average Bonchev–Trinajstić information content (AvgIpc) is 2.35. The minimum Gasteiger partial charge on any atom is -0.370 e. The summed E-state index contributed by atoms with van der Waals surface area (Å²) in [5.74, 6) is 0.0968. The SMILES string of the molecule is CN(Cc1cc(Br)cs1)C(=N)N. The highest BCUT2D eigenvalue weighted by atomic mass is 79.9. The van der Waals surface area contributed by atoms with Gasteiger partial charge in [0.2, 0.25) is 0 Å². The summed E-state index contributed by atoms with van der Waals surface area (Å²) in [5.41, 5.74) is 5.29. The molecule has 1 heterocycles. The van der Waals surface area contributed by atoms with E-state index in [-0.39, 0.29) is 5.96 Å². The predicted octanol–water partition coefficient (Wildman–Crippen LogP) is 1.84. The predicted molar refractivity (Wildman–Crippen MR) is 55.4 cm³/mol. The van der Waals surface area contributed by atoms with Crippen LogP contribution in [0.15, 0.2) is 15.9 Å². The van der Waals surface area contributed by atoms with Crippen LogP contribution in [0.25, 0.3) is 0 Å². The monoisotopic (exact) mass is 247 g/mol. The average molecular weight is 248 g/mol. The van der Waals surface area contributed by atoms with Crippen molar-refractivity contribution in [1.82, 2.24) is 4.90 Å². The highest BCUT2D eigenvalue weighted by molar-refractivity contribution is 9.10. The van der Waals surface area contributed by atoms with Crippen molar-refractivity contribution >= 4 is 33.2 Å². The third kappa shape index (κ3) is 2.49. The summed E-state index contributed by atoms with van der Waals surface area (Å²) < 4.78 is 1.08. The zero-order valence-electron chi connectivity index (χ0n) is 6.67. The van der Waals surface area contributed by atoms with E-state index in [1.54, 1.807) is 23.3 Å². The second-order valence-electron chi connectivity index (χ2n) is 2.47. The van der Waals surface area contributed by atoms with Crippen molar-refractivity contribution in [3.05, 3.63) is 20.8 Å². The number of nitrogens with zero attached hydrogens (tertiary/aromatic N) is 1. The Kier molecular flexibility index (Phi) is 3.11. The highest BCUT2D eigenvalue weighted by Crippen LogP contribution is 2.20. The summed E-state index contributed by atoms with van der Waals surface area (Å²) in [5, 5.41) is 9.17. The summed E-state index contributed by atoms with van der Waals surface area (Å²) in [4.78, 5) is 2.89. The highest BCUT2D eigenvalue weighted by Gasteiger charge is 2.02. The van der Waals surface area contributed by atoms with Crippen LogP contribution in [0.5, 0.6) is 0 Å². The Balaban J connectivity index is 2.58. The molecule has 0 amide bonds. The molecule has 0 spiro atoms. The molecule has 0 aliphatic heterocycles. The van der Waals surface area contributed by atoms with E-state index in [1.807, 2.05) is 11.4 Å². The lowest BCUT2D eigenvalue weighted by Gasteiger charge is -2.14. The van der Waals surface area contributed by atoms with Crippen molar-refractivity contribution in [2.45, 2.75) is 6.54 Å². The van der Waals surface area contributed by atoms with Crippen LogP contribution in [-0.2, 0) is 6.54 Å². The van der Waals surface area contributed by atoms with E-state index in [4.69, 9.17) is 11.1 Å². The fourth-order valence-corrected chi connectivity index (χ4v) is 2.26. The maximum atomic E-state index is 7.15.